The van der Waals surface area contributed by atoms with Crippen molar-refractivity contribution in [2.45, 2.75) is 26.3 Å². The number of nitrogens with zero attached hydrogens (tertiary/aromatic N) is 2. The molecule has 1 N–H and O–H groups in total. The molecule has 6 nitrogen and oxygen atoms in total. The highest BCUT2D eigenvalue weighted by molar-refractivity contribution is 6.31. The molecule has 0 aliphatic carbocycles. The maximum Gasteiger partial charge on any atom is 0.290 e. The second kappa shape index (κ2) is 8.73. The number of carbonyl (C=O) groups excluding carboxylic acids is 1. The number of aromatic hydroxyl groups is 1. The minimum atomic E-state index is -0.570. The van der Waals surface area contributed by atoms with Gasteiger partial charge in [0.05, 0.1) is 17.0 Å². The van der Waals surface area contributed by atoms with Gasteiger partial charge in [-0.05, 0) is 62.0 Å². The van der Waals surface area contributed by atoms with Crippen molar-refractivity contribution >= 4 is 28.5 Å². The van der Waals surface area contributed by atoms with Gasteiger partial charge in [-0.1, -0.05) is 37.6 Å². The van der Waals surface area contributed by atoms with Crippen molar-refractivity contribution in [3.05, 3.63) is 74.6 Å². The summed E-state index contributed by atoms with van der Waals surface area (Å²) in [6.45, 7) is 7.45. The zero-order valence-corrected chi connectivity index (χ0v) is 18.4. The summed E-state index contributed by atoms with van der Waals surface area (Å²) < 4.78 is 5.92. The normalized spacial score (nSPS) is 15.8. The highest BCUT2D eigenvalue weighted by atomic mass is 35.5. The molecule has 0 fully saturated rings. The molecule has 2 heterocycles. The highest BCUT2D eigenvalue weighted by Gasteiger charge is 2.42. The second-order valence-electron chi connectivity index (χ2n) is 7.69. The minimum absolute atomic E-state index is 0.0840. The number of amides is 1. The van der Waals surface area contributed by atoms with Gasteiger partial charge in [-0.25, -0.2) is 0 Å². The first-order chi connectivity index (χ1) is 14.9. The molecule has 3 aromatic rings. The summed E-state index contributed by atoms with van der Waals surface area (Å²) in [5, 5.41) is 10.5. The number of phenols is 1. The number of hydrogen-bond donors (Lipinski definition) is 1. The summed E-state index contributed by atoms with van der Waals surface area (Å²) in [7, 11) is 0. The van der Waals surface area contributed by atoms with Gasteiger partial charge in [0.25, 0.3) is 5.91 Å². The Bertz CT molecular complexity index is 1170. The van der Waals surface area contributed by atoms with Gasteiger partial charge in [0.1, 0.15) is 11.3 Å². The number of halogens is 1. The Morgan fingerprint density at radius 3 is 2.48 bits per heavy atom. The summed E-state index contributed by atoms with van der Waals surface area (Å²) in [5.41, 5.74) is 1.17. The fraction of sp³-hybridized carbons (Fsp3) is 0.333. The molecule has 0 saturated carbocycles. The number of benzene rings is 2. The Labute approximate surface area is 185 Å². The molecule has 31 heavy (non-hydrogen) atoms. The van der Waals surface area contributed by atoms with Crippen molar-refractivity contribution in [2.24, 2.45) is 0 Å². The fourth-order valence-corrected chi connectivity index (χ4v) is 4.40. The number of carbonyl (C=O) groups is 1. The first-order valence-electron chi connectivity index (χ1n) is 10.5. The predicted octanol–water partition coefficient (Wildman–Crippen LogP) is 4.43. The molecule has 0 saturated heterocycles. The fourth-order valence-electron chi connectivity index (χ4n) is 4.23. The molecule has 0 radical (unpaired) electrons. The lowest BCUT2D eigenvalue weighted by atomic mass is 9.98. The van der Waals surface area contributed by atoms with E-state index in [-0.39, 0.29) is 22.8 Å². The van der Waals surface area contributed by atoms with Crippen LogP contribution in [0.3, 0.4) is 0 Å². The average Bonchev–Trinajstić information content (AvgIpc) is 3.04. The summed E-state index contributed by atoms with van der Waals surface area (Å²) in [4.78, 5) is 30.8. The van der Waals surface area contributed by atoms with E-state index in [2.05, 4.69) is 18.7 Å². The summed E-state index contributed by atoms with van der Waals surface area (Å²) in [6.07, 6.45) is 0.773. The molecule has 1 atom stereocenters. The van der Waals surface area contributed by atoms with Crippen molar-refractivity contribution < 1.29 is 14.3 Å². The van der Waals surface area contributed by atoms with Crippen LogP contribution < -0.4 is 5.43 Å². The lowest BCUT2D eigenvalue weighted by Gasteiger charge is -2.26. The predicted molar refractivity (Wildman–Crippen MR) is 121 cm³/mol. The number of phenolic OH excluding ortho intramolecular Hbond substituents is 1. The second-order valence-corrected chi connectivity index (χ2v) is 8.12. The summed E-state index contributed by atoms with van der Waals surface area (Å²) in [5.74, 6) is -0.0824. The van der Waals surface area contributed by atoms with Crippen LogP contribution in [-0.2, 0) is 0 Å². The van der Waals surface area contributed by atoms with E-state index in [0.717, 1.165) is 31.6 Å². The van der Waals surface area contributed by atoms with Crippen molar-refractivity contribution in [1.82, 2.24) is 9.80 Å². The molecule has 0 unspecified atom stereocenters. The molecular weight excluding hydrogens is 416 g/mol. The van der Waals surface area contributed by atoms with Gasteiger partial charge in [-0.2, -0.15) is 0 Å². The Kier molecular flexibility index (Phi) is 6.03. The van der Waals surface area contributed by atoms with Crippen LogP contribution in [-0.4, -0.2) is 47.0 Å². The number of fused-ring (bicyclic) bond motifs is 2. The lowest BCUT2D eigenvalue weighted by Crippen LogP contribution is -2.33. The highest BCUT2D eigenvalue weighted by Crippen LogP contribution is 2.38. The summed E-state index contributed by atoms with van der Waals surface area (Å²) >= 11 is 6.11. The average molecular weight is 441 g/mol. The maximum absolute atomic E-state index is 13.4. The first kappa shape index (κ1) is 21.4. The lowest BCUT2D eigenvalue weighted by molar-refractivity contribution is 0.0720. The molecule has 4 rings (SSSR count). The van der Waals surface area contributed by atoms with Crippen molar-refractivity contribution in [3.8, 4) is 5.75 Å². The zero-order valence-electron chi connectivity index (χ0n) is 17.6. The van der Waals surface area contributed by atoms with Crippen molar-refractivity contribution in [2.75, 3.05) is 26.2 Å². The zero-order chi connectivity index (χ0) is 22.1. The molecule has 1 amide bonds. The molecule has 1 aromatic heterocycles. The van der Waals surface area contributed by atoms with Crippen LogP contribution in [0.2, 0.25) is 5.02 Å². The van der Waals surface area contributed by atoms with Gasteiger partial charge in [0, 0.05) is 11.6 Å². The van der Waals surface area contributed by atoms with Crippen LogP contribution in [0.5, 0.6) is 5.75 Å². The van der Waals surface area contributed by atoms with Crippen LogP contribution in [0.15, 0.2) is 51.7 Å². The van der Waals surface area contributed by atoms with Gasteiger partial charge in [-0.15, -0.1) is 0 Å². The van der Waals surface area contributed by atoms with E-state index in [0.29, 0.717) is 28.1 Å². The minimum Gasteiger partial charge on any atom is -0.508 e. The quantitative estimate of drug-likeness (QED) is 0.588. The van der Waals surface area contributed by atoms with Crippen LogP contribution in [0.25, 0.3) is 11.0 Å². The smallest absolute Gasteiger partial charge is 0.290 e. The number of hydrogen-bond acceptors (Lipinski definition) is 5. The third-order valence-corrected chi connectivity index (χ3v) is 6.14. The SMILES string of the molecule is CCN(CC)CCCN1C(=O)c2oc3ccc(Cl)cc3c(=O)c2[C@H]1c1ccc(O)cc1. The van der Waals surface area contributed by atoms with Gasteiger partial charge in [-0.3, -0.25) is 9.59 Å². The standard InChI is InChI=1S/C24H25ClN2O4/c1-3-26(4-2)12-5-13-27-21(15-6-9-17(28)10-7-15)20-22(29)18-14-16(25)8-11-19(18)31-23(20)24(27)30/h6-11,14,21,28H,3-5,12-13H2,1-2H3/t21-/m1/s1. The van der Waals surface area contributed by atoms with Crippen molar-refractivity contribution in [3.63, 3.8) is 0 Å². The molecule has 0 bridgehead atoms. The van der Waals surface area contributed by atoms with Crippen LogP contribution >= 0.6 is 11.6 Å². The van der Waals surface area contributed by atoms with E-state index in [9.17, 15) is 14.7 Å². The van der Waals surface area contributed by atoms with Crippen molar-refractivity contribution in [1.29, 1.82) is 0 Å². The molecule has 0 spiro atoms. The van der Waals surface area contributed by atoms with E-state index >= 15 is 0 Å². The molecule has 162 valence electrons. The molecule has 7 heteroatoms. The Morgan fingerprint density at radius 1 is 1.10 bits per heavy atom. The van der Waals surface area contributed by atoms with Gasteiger partial charge in [0.2, 0.25) is 5.76 Å². The van der Waals surface area contributed by atoms with Crippen LogP contribution in [0.4, 0.5) is 0 Å². The summed E-state index contributed by atoms with van der Waals surface area (Å²) in [6, 6.07) is 10.9. The van der Waals surface area contributed by atoms with E-state index in [1.807, 2.05) is 0 Å². The molecule has 1 aliphatic rings. The van der Waals surface area contributed by atoms with E-state index in [4.69, 9.17) is 16.0 Å². The van der Waals surface area contributed by atoms with E-state index in [1.54, 1.807) is 47.4 Å². The maximum atomic E-state index is 13.4. The Balaban J connectivity index is 1.80. The molecular formula is C24H25ClN2O4. The Morgan fingerprint density at radius 2 is 1.81 bits per heavy atom. The van der Waals surface area contributed by atoms with E-state index < -0.39 is 6.04 Å². The molecule has 2 aromatic carbocycles. The van der Waals surface area contributed by atoms with Crippen LogP contribution in [0.1, 0.15) is 48.0 Å². The third kappa shape index (κ3) is 3.93. The monoisotopic (exact) mass is 440 g/mol. The topological polar surface area (TPSA) is 74.0 Å². The Hall–Kier alpha value is -2.83. The first-order valence-corrected chi connectivity index (χ1v) is 10.9. The van der Waals surface area contributed by atoms with Gasteiger partial charge >= 0.3 is 0 Å². The molecule has 1 aliphatic heterocycles. The van der Waals surface area contributed by atoms with Gasteiger partial charge < -0.3 is 19.3 Å². The number of rotatable bonds is 7. The van der Waals surface area contributed by atoms with E-state index in [1.165, 1.54) is 0 Å². The van der Waals surface area contributed by atoms with Gasteiger partial charge in [0.15, 0.2) is 5.43 Å². The third-order valence-electron chi connectivity index (χ3n) is 5.90. The van der Waals surface area contributed by atoms with Crippen LogP contribution in [0, 0.1) is 0 Å². The largest absolute Gasteiger partial charge is 0.508 e.